The molecule has 0 unspecified atom stereocenters. The average Bonchev–Trinajstić information content (AvgIpc) is 2.99. The van der Waals surface area contributed by atoms with Crippen LogP contribution in [0.15, 0.2) is 47.5 Å². The molecule has 1 saturated heterocycles. The van der Waals surface area contributed by atoms with E-state index < -0.39 is 5.60 Å². The average molecular weight is 243 g/mol. The van der Waals surface area contributed by atoms with Crippen molar-refractivity contribution in [3.63, 3.8) is 0 Å². The van der Waals surface area contributed by atoms with Gasteiger partial charge in [-0.1, -0.05) is 42.5 Å². The minimum absolute atomic E-state index is 0.204. The molecule has 0 aromatic heterocycles. The van der Waals surface area contributed by atoms with E-state index in [1.165, 1.54) is 0 Å². The molecule has 0 bridgehead atoms. The number of hydrogen-bond donors (Lipinski definition) is 0. The van der Waals surface area contributed by atoms with Gasteiger partial charge < -0.3 is 9.47 Å². The number of aliphatic imine (C=N–C) groups is 1. The highest BCUT2D eigenvalue weighted by atomic mass is 16.6. The lowest BCUT2D eigenvalue weighted by atomic mass is 9.87. The second-order valence-electron chi connectivity index (χ2n) is 5.03. The molecule has 2 aliphatic rings. The van der Waals surface area contributed by atoms with E-state index in [-0.39, 0.29) is 12.1 Å². The lowest BCUT2D eigenvalue weighted by Crippen LogP contribution is -2.39. The van der Waals surface area contributed by atoms with Gasteiger partial charge in [-0.25, -0.2) is 0 Å². The zero-order chi connectivity index (χ0) is 12.6. The van der Waals surface area contributed by atoms with E-state index in [0.717, 1.165) is 11.1 Å². The van der Waals surface area contributed by atoms with Crippen molar-refractivity contribution in [1.82, 2.24) is 0 Å². The smallest absolute Gasteiger partial charge is 0.175 e. The van der Waals surface area contributed by atoms with Gasteiger partial charge in [0.05, 0.1) is 13.2 Å². The molecule has 0 N–H and O–H groups in total. The topological polar surface area (TPSA) is 30.8 Å². The highest BCUT2D eigenvalue weighted by Crippen LogP contribution is 2.41. The van der Waals surface area contributed by atoms with Crippen LogP contribution in [0.2, 0.25) is 0 Å². The number of ether oxygens (including phenoxy) is 2. The fourth-order valence-electron chi connectivity index (χ4n) is 2.62. The Hall–Kier alpha value is -1.45. The molecule has 2 aliphatic heterocycles. The van der Waals surface area contributed by atoms with Crippen LogP contribution in [0.25, 0.3) is 0 Å². The van der Waals surface area contributed by atoms with Crippen molar-refractivity contribution < 1.29 is 9.47 Å². The second-order valence-corrected chi connectivity index (χ2v) is 5.03. The minimum atomic E-state index is -0.410. The Morgan fingerprint density at radius 3 is 2.89 bits per heavy atom. The van der Waals surface area contributed by atoms with Gasteiger partial charge in [0, 0.05) is 17.7 Å². The SMILES string of the molecule is C=C(C)[C@H]1COC[C@]12C=N[C@@H](c1ccccc1)O2. The number of nitrogens with zero attached hydrogens (tertiary/aromatic N) is 1. The number of benzene rings is 1. The van der Waals surface area contributed by atoms with Gasteiger partial charge in [-0.2, -0.15) is 0 Å². The summed E-state index contributed by atoms with van der Waals surface area (Å²) in [6.45, 7) is 7.29. The molecule has 2 heterocycles. The highest BCUT2D eigenvalue weighted by Gasteiger charge is 2.49. The molecule has 1 fully saturated rings. The molecule has 0 radical (unpaired) electrons. The van der Waals surface area contributed by atoms with E-state index >= 15 is 0 Å². The fourth-order valence-corrected chi connectivity index (χ4v) is 2.62. The first-order valence-corrected chi connectivity index (χ1v) is 6.21. The predicted molar refractivity (Wildman–Crippen MR) is 70.6 cm³/mol. The van der Waals surface area contributed by atoms with E-state index in [1.54, 1.807) is 0 Å². The van der Waals surface area contributed by atoms with Crippen molar-refractivity contribution >= 4 is 6.21 Å². The zero-order valence-corrected chi connectivity index (χ0v) is 10.5. The Labute approximate surface area is 107 Å². The third-order valence-electron chi connectivity index (χ3n) is 3.64. The molecule has 18 heavy (non-hydrogen) atoms. The lowest BCUT2D eigenvalue weighted by molar-refractivity contribution is -0.0411. The molecule has 3 atom stereocenters. The summed E-state index contributed by atoms with van der Waals surface area (Å²) in [5.74, 6) is 0.204. The number of hydrogen-bond acceptors (Lipinski definition) is 3. The maximum Gasteiger partial charge on any atom is 0.175 e. The van der Waals surface area contributed by atoms with E-state index in [0.29, 0.717) is 13.2 Å². The summed E-state index contributed by atoms with van der Waals surface area (Å²) in [4.78, 5) is 4.51. The standard InChI is InChI=1S/C15H17NO2/c1-11(2)13-8-17-10-15(13)9-16-14(18-15)12-6-4-3-5-7-12/h3-7,9,13-14H,1,8,10H2,2H3/t13-,14-,15-/m1/s1. The van der Waals surface area contributed by atoms with Crippen molar-refractivity contribution in [2.45, 2.75) is 18.8 Å². The first-order valence-electron chi connectivity index (χ1n) is 6.21. The molecule has 0 amide bonds. The quantitative estimate of drug-likeness (QED) is 0.748. The van der Waals surface area contributed by atoms with Crippen LogP contribution in [-0.2, 0) is 9.47 Å². The van der Waals surface area contributed by atoms with Crippen LogP contribution in [0.1, 0.15) is 18.7 Å². The Bertz CT molecular complexity index is 483. The van der Waals surface area contributed by atoms with Gasteiger partial charge >= 0.3 is 0 Å². The molecule has 1 spiro atoms. The summed E-state index contributed by atoms with van der Waals surface area (Å²) in [5, 5.41) is 0. The van der Waals surface area contributed by atoms with Crippen LogP contribution in [0.5, 0.6) is 0 Å². The molecule has 3 rings (SSSR count). The lowest BCUT2D eigenvalue weighted by Gasteiger charge is -2.27. The van der Waals surface area contributed by atoms with Gasteiger partial charge in [0.15, 0.2) is 6.23 Å². The summed E-state index contributed by atoms with van der Waals surface area (Å²) in [7, 11) is 0. The molecule has 1 aromatic carbocycles. The maximum atomic E-state index is 6.16. The van der Waals surface area contributed by atoms with E-state index in [2.05, 4.69) is 11.6 Å². The van der Waals surface area contributed by atoms with Crippen LogP contribution in [0.3, 0.4) is 0 Å². The van der Waals surface area contributed by atoms with Crippen molar-refractivity contribution in [2.75, 3.05) is 13.2 Å². The Morgan fingerprint density at radius 1 is 1.39 bits per heavy atom. The van der Waals surface area contributed by atoms with Gasteiger partial charge in [0.25, 0.3) is 0 Å². The summed E-state index contributed by atoms with van der Waals surface area (Å²) >= 11 is 0. The Kier molecular flexibility index (Phi) is 2.80. The molecule has 3 nitrogen and oxygen atoms in total. The first-order chi connectivity index (χ1) is 8.71. The molecular weight excluding hydrogens is 226 g/mol. The van der Waals surface area contributed by atoms with Gasteiger partial charge in [0.1, 0.15) is 5.60 Å². The van der Waals surface area contributed by atoms with Gasteiger partial charge in [-0.15, -0.1) is 0 Å². The fraction of sp³-hybridized carbons (Fsp3) is 0.400. The van der Waals surface area contributed by atoms with Crippen LogP contribution < -0.4 is 0 Å². The molecular formula is C15H17NO2. The molecule has 1 aromatic rings. The molecule has 0 aliphatic carbocycles. The number of rotatable bonds is 2. The normalized spacial score (nSPS) is 34.3. The van der Waals surface area contributed by atoms with E-state index in [4.69, 9.17) is 9.47 Å². The molecule has 3 heteroatoms. The van der Waals surface area contributed by atoms with E-state index in [1.807, 2.05) is 43.5 Å². The summed E-state index contributed by atoms with van der Waals surface area (Å²) in [6.07, 6.45) is 1.70. The molecule has 0 saturated carbocycles. The third kappa shape index (κ3) is 1.80. The maximum absolute atomic E-state index is 6.16. The van der Waals surface area contributed by atoms with Crippen LogP contribution in [0, 0.1) is 5.92 Å². The summed E-state index contributed by atoms with van der Waals surface area (Å²) < 4.78 is 11.7. The molecule has 94 valence electrons. The van der Waals surface area contributed by atoms with Gasteiger partial charge in [0.2, 0.25) is 0 Å². The van der Waals surface area contributed by atoms with Crippen LogP contribution in [-0.4, -0.2) is 25.0 Å². The van der Waals surface area contributed by atoms with Crippen LogP contribution in [0.4, 0.5) is 0 Å². The zero-order valence-electron chi connectivity index (χ0n) is 10.5. The van der Waals surface area contributed by atoms with Gasteiger partial charge in [-0.05, 0) is 6.92 Å². The highest BCUT2D eigenvalue weighted by molar-refractivity contribution is 5.73. The van der Waals surface area contributed by atoms with Crippen molar-refractivity contribution in [2.24, 2.45) is 10.9 Å². The first kappa shape index (κ1) is 11.6. The van der Waals surface area contributed by atoms with Crippen LogP contribution >= 0.6 is 0 Å². The second kappa shape index (κ2) is 4.34. The summed E-state index contributed by atoms with van der Waals surface area (Å²) in [6, 6.07) is 10.1. The van der Waals surface area contributed by atoms with E-state index in [9.17, 15) is 0 Å². The van der Waals surface area contributed by atoms with Crippen molar-refractivity contribution in [3.8, 4) is 0 Å². The monoisotopic (exact) mass is 243 g/mol. The minimum Gasteiger partial charge on any atom is -0.377 e. The van der Waals surface area contributed by atoms with Gasteiger partial charge in [-0.3, -0.25) is 4.99 Å². The van der Waals surface area contributed by atoms with Crippen molar-refractivity contribution in [3.05, 3.63) is 48.0 Å². The Balaban J connectivity index is 1.84. The largest absolute Gasteiger partial charge is 0.377 e. The Morgan fingerprint density at radius 2 is 2.17 bits per heavy atom. The van der Waals surface area contributed by atoms with Crippen molar-refractivity contribution in [1.29, 1.82) is 0 Å². The summed E-state index contributed by atoms with van der Waals surface area (Å²) in [5.41, 5.74) is 1.76. The third-order valence-corrected chi connectivity index (χ3v) is 3.64. The predicted octanol–water partition coefficient (Wildman–Crippen LogP) is 2.75.